The number of esters is 2. The quantitative estimate of drug-likeness (QED) is 0.277. The number of rotatable bonds is 9. The summed E-state index contributed by atoms with van der Waals surface area (Å²) in [6.45, 7) is 2.19. The average molecular weight is 389 g/mol. The second-order valence-electron chi connectivity index (χ2n) is 5.43. The molecule has 0 radical (unpaired) electrons. The van der Waals surface area contributed by atoms with Gasteiger partial charge in [0, 0.05) is 22.8 Å². The van der Waals surface area contributed by atoms with Crippen LogP contribution >= 0.6 is 11.8 Å². The van der Waals surface area contributed by atoms with Crippen LogP contribution in [0.2, 0.25) is 0 Å². The zero-order valence-electron chi connectivity index (χ0n) is 14.8. The maximum Gasteiger partial charge on any atom is 0.338 e. The Morgan fingerprint density at radius 3 is 2.30 bits per heavy atom. The maximum atomic E-state index is 11.8. The van der Waals surface area contributed by atoms with Crippen LogP contribution in [0.25, 0.3) is 0 Å². The zero-order valence-corrected chi connectivity index (χ0v) is 15.6. The van der Waals surface area contributed by atoms with Crippen molar-refractivity contribution in [1.82, 2.24) is 0 Å². The van der Waals surface area contributed by atoms with Gasteiger partial charge in [0.1, 0.15) is 6.61 Å². The molecule has 0 bridgehead atoms. The lowest BCUT2D eigenvalue weighted by molar-refractivity contribution is -0.384. The van der Waals surface area contributed by atoms with Crippen LogP contribution in [0.1, 0.15) is 29.3 Å². The third-order valence-electron chi connectivity index (χ3n) is 3.49. The molecule has 0 aliphatic carbocycles. The lowest BCUT2D eigenvalue weighted by Gasteiger charge is -2.06. The average Bonchev–Trinajstić information content (AvgIpc) is 2.67. The molecule has 7 nitrogen and oxygen atoms in total. The number of carbonyl (C=O) groups excluding carboxylic acids is 2. The fraction of sp³-hybridized carbons (Fsp3) is 0.263. The summed E-state index contributed by atoms with van der Waals surface area (Å²) in [4.78, 5) is 34.4. The molecular weight excluding hydrogens is 370 g/mol. The van der Waals surface area contributed by atoms with Gasteiger partial charge in [-0.15, -0.1) is 11.8 Å². The van der Waals surface area contributed by atoms with Crippen molar-refractivity contribution >= 4 is 29.4 Å². The van der Waals surface area contributed by atoms with Crippen LogP contribution in [-0.2, 0) is 20.9 Å². The van der Waals surface area contributed by atoms with E-state index in [1.807, 2.05) is 0 Å². The minimum atomic E-state index is -0.453. The van der Waals surface area contributed by atoms with E-state index < -0.39 is 4.92 Å². The summed E-state index contributed by atoms with van der Waals surface area (Å²) in [5.74, 6) is -0.207. The van der Waals surface area contributed by atoms with Gasteiger partial charge in [-0.1, -0.05) is 12.1 Å². The molecule has 0 spiro atoms. The molecule has 0 saturated carbocycles. The van der Waals surface area contributed by atoms with E-state index in [9.17, 15) is 19.7 Å². The van der Waals surface area contributed by atoms with Gasteiger partial charge in [0.2, 0.25) is 0 Å². The molecule has 2 rings (SSSR count). The monoisotopic (exact) mass is 389 g/mol. The Morgan fingerprint density at radius 2 is 1.70 bits per heavy atom. The summed E-state index contributed by atoms with van der Waals surface area (Å²) in [6, 6.07) is 12.9. The molecule has 142 valence electrons. The first-order valence-electron chi connectivity index (χ1n) is 8.28. The largest absolute Gasteiger partial charge is 0.462 e. The van der Waals surface area contributed by atoms with Crippen molar-refractivity contribution in [2.45, 2.75) is 24.8 Å². The topological polar surface area (TPSA) is 95.7 Å². The minimum Gasteiger partial charge on any atom is -0.462 e. The van der Waals surface area contributed by atoms with Gasteiger partial charge in [-0.2, -0.15) is 0 Å². The molecule has 2 aromatic carbocycles. The van der Waals surface area contributed by atoms with E-state index in [4.69, 9.17) is 9.47 Å². The van der Waals surface area contributed by atoms with Crippen molar-refractivity contribution in [3.05, 3.63) is 69.8 Å². The summed E-state index contributed by atoms with van der Waals surface area (Å²) >= 11 is 1.43. The second-order valence-corrected chi connectivity index (χ2v) is 6.60. The first-order chi connectivity index (χ1) is 13.0. The summed E-state index contributed by atoms with van der Waals surface area (Å²) < 4.78 is 10.1. The molecule has 2 aromatic rings. The van der Waals surface area contributed by atoms with E-state index >= 15 is 0 Å². The highest BCUT2D eigenvalue weighted by molar-refractivity contribution is 7.99. The Balaban J connectivity index is 1.71. The molecule has 0 heterocycles. The van der Waals surface area contributed by atoms with Crippen LogP contribution in [0.15, 0.2) is 53.4 Å². The third kappa shape index (κ3) is 6.74. The van der Waals surface area contributed by atoms with Gasteiger partial charge in [-0.05, 0) is 36.8 Å². The predicted molar refractivity (Wildman–Crippen MR) is 101 cm³/mol. The van der Waals surface area contributed by atoms with Crippen LogP contribution in [0.4, 0.5) is 5.69 Å². The molecule has 0 fully saturated rings. The maximum absolute atomic E-state index is 11.8. The summed E-state index contributed by atoms with van der Waals surface area (Å²) in [6.07, 6.45) is 0.225. The molecule has 0 atom stereocenters. The van der Waals surface area contributed by atoms with E-state index in [1.54, 1.807) is 43.3 Å². The molecule has 0 aliphatic heterocycles. The number of nitro groups is 1. The molecule has 27 heavy (non-hydrogen) atoms. The van der Waals surface area contributed by atoms with Crippen LogP contribution in [0.5, 0.6) is 0 Å². The second kappa shape index (κ2) is 10.3. The van der Waals surface area contributed by atoms with E-state index in [2.05, 4.69) is 0 Å². The number of benzene rings is 2. The van der Waals surface area contributed by atoms with Gasteiger partial charge >= 0.3 is 11.9 Å². The standard InChI is InChI=1S/C19H19NO6S/c1-2-25-19(22)15-5-3-14(4-6-15)13-26-18(21)11-12-27-17-9-7-16(8-10-17)20(23)24/h3-10H,2,11-13H2,1H3. The number of carbonyl (C=O) groups is 2. The Bertz CT molecular complexity index is 789. The van der Waals surface area contributed by atoms with E-state index in [-0.39, 0.29) is 30.7 Å². The first-order valence-corrected chi connectivity index (χ1v) is 9.27. The van der Waals surface area contributed by atoms with Crippen molar-refractivity contribution < 1.29 is 24.0 Å². The normalized spacial score (nSPS) is 10.3. The number of hydrogen-bond acceptors (Lipinski definition) is 7. The fourth-order valence-corrected chi connectivity index (χ4v) is 2.94. The fourth-order valence-electron chi connectivity index (χ4n) is 2.10. The van der Waals surface area contributed by atoms with Crippen molar-refractivity contribution in [1.29, 1.82) is 0 Å². The van der Waals surface area contributed by atoms with Gasteiger partial charge in [-0.3, -0.25) is 14.9 Å². The summed E-state index contributed by atoms with van der Waals surface area (Å²) in [5, 5.41) is 10.6. The molecule has 0 aliphatic rings. The summed E-state index contributed by atoms with van der Waals surface area (Å²) in [5.41, 5.74) is 1.26. The van der Waals surface area contributed by atoms with E-state index in [0.717, 1.165) is 10.5 Å². The van der Waals surface area contributed by atoms with Crippen molar-refractivity contribution in [2.75, 3.05) is 12.4 Å². The van der Waals surface area contributed by atoms with Gasteiger partial charge < -0.3 is 9.47 Å². The Labute approximate surface area is 160 Å². The molecule has 0 saturated heterocycles. The molecule has 8 heteroatoms. The smallest absolute Gasteiger partial charge is 0.338 e. The number of hydrogen-bond donors (Lipinski definition) is 0. The SMILES string of the molecule is CCOC(=O)c1ccc(COC(=O)CCSc2ccc([N+](=O)[O-])cc2)cc1. The molecule has 0 N–H and O–H groups in total. The van der Waals surface area contributed by atoms with Crippen molar-refractivity contribution in [3.63, 3.8) is 0 Å². The molecule has 0 amide bonds. The molecular formula is C19H19NO6S. The van der Waals surface area contributed by atoms with E-state index in [0.29, 0.717) is 17.9 Å². The Kier molecular flexibility index (Phi) is 7.81. The van der Waals surface area contributed by atoms with Gasteiger partial charge in [0.15, 0.2) is 0 Å². The number of ether oxygens (including phenoxy) is 2. The highest BCUT2D eigenvalue weighted by Gasteiger charge is 2.08. The van der Waals surface area contributed by atoms with Crippen LogP contribution in [0, 0.1) is 10.1 Å². The first kappa shape index (κ1) is 20.4. The van der Waals surface area contributed by atoms with Gasteiger partial charge in [0.05, 0.1) is 23.5 Å². The van der Waals surface area contributed by atoms with Gasteiger partial charge in [0.25, 0.3) is 5.69 Å². The molecule has 0 aromatic heterocycles. The highest BCUT2D eigenvalue weighted by Crippen LogP contribution is 2.22. The highest BCUT2D eigenvalue weighted by atomic mass is 32.2. The lowest BCUT2D eigenvalue weighted by atomic mass is 10.1. The minimum absolute atomic E-state index is 0.0349. The zero-order chi connectivity index (χ0) is 19.6. The number of thioether (sulfide) groups is 1. The van der Waals surface area contributed by atoms with E-state index in [1.165, 1.54) is 23.9 Å². The van der Waals surface area contributed by atoms with Crippen molar-refractivity contribution in [3.8, 4) is 0 Å². The Morgan fingerprint density at radius 1 is 1.04 bits per heavy atom. The van der Waals surface area contributed by atoms with Crippen LogP contribution in [0.3, 0.4) is 0 Å². The number of non-ortho nitro benzene ring substituents is 1. The van der Waals surface area contributed by atoms with Gasteiger partial charge in [-0.25, -0.2) is 4.79 Å². The van der Waals surface area contributed by atoms with Crippen LogP contribution in [-0.4, -0.2) is 29.2 Å². The summed E-state index contributed by atoms with van der Waals surface area (Å²) in [7, 11) is 0. The number of nitrogens with zero attached hydrogens (tertiary/aromatic N) is 1. The lowest BCUT2D eigenvalue weighted by Crippen LogP contribution is -2.07. The Hall–Kier alpha value is -2.87. The third-order valence-corrected chi connectivity index (χ3v) is 4.50. The molecule has 0 unspecified atom stereocenters. The van der Waals surface area contributed by atoms with Crippen LogP contribution < -0.4 is 0 Å². The van der Waals surface area contributed by atoms with Crippen molar-refractivity contribution in [2.24, 2.45) is 0 Å². The predicted octanol–water partition coefficient (Wildman–Crippen LogP) is 4.00. The number of nitro benzene ring substituents is 1.